The molecule has 0 atom stereocenters. The lowest BCUT2D eigenvalue weighted by Gasteiger charge is -2.31. The lowest BCUT2D eigenvalue weighted by molar-refractivity contribution is -0.162. The second kappa shape index (κ2) is 10.1. The minimum atomic E-state index is -0.686. The fourth-order valence-corrected chi connectivity index (χ4v) is 3.81. The van der Waals surface area contributed by atoms with E-state index in [9.17, 15) is 14.7 Å². The van der Waals surface area contributed by atoms with E-state index in [2.05, 4.69) is 0 Å². The first kappa shape index (κ1) is 20.2. The van der Waals surface area contributed by atoms with Gasteiger partial charge in [0.1, 0.15) is 13.2 Å². The molecule has 0 aromatic rings. The molecule has 144 valence electrons. The van der Waals surface area contributed by atoms with Crippen LogP contribution in [0.5, 0.6) is 0 Å². The van der Waals surface area contributed by atoms with Crippen molar-refractivity contribution >= 4 is 11.9 Å². The first-order chi connectivity index (χ1) is 12.1. The maximum atomic E-state index is 12.3. The fourth-order valence-electron chi connectivity index (χ4n) is 3.81. The Morgan fingerprint density at radius 3 is 1.56 bits per heavy atom. The van der Waals surface area contributed by atoms with Gasteiger partial charge in [0.2, 0.25) is 0 Å². The number of ether oxygens (including phenoxy) is 2. The fraction of sp³-hybridized carbons (Fsp3) is 0.900. The summed E-state index contributed by atoms with van der Waals surface area (Å²) in [5, 5.41) is 9.84. The molecule has 0 amide bonds. The standard InChI is InChI=1S/C20H34O5/c1-2-20(13-21,14-24-18(22)16-9-5-3-6-10-16)15-25-19(23)17-11-7-4-8-12-17/h16-17,21H,2-15H2,1H3. The van der Waals surface area contributed by atoms with Gasteiger partial charge in [-0.15, -0.1) is 0 Å². The van der Waals surface area contributed by atoms with Crippen LogP contribution in [0.3, 0.4) is 0 Å². The van der Waals surface area contributed by atoms with Crippen LogP contribution in [0.2, 0.25) is 0 Å². The summed E-state index contributed by atoms with van der Waals surface area (Å²) in [7, 11) is 0. The maximum Gasteiger partial charge on any atom is 0.308 e. The molecule has 2 aliphatic carbocycles. The van der Waals surface area contributed by atoms with E-state index in [1.807, 2.05) is 6.92 Å². The van der Waals surface area contributed by atoms with E-state index in [4.69, 9.17) is 9.47 Å². The van der Waals surface area contributed by atoms with Crippen LogP contribution in [0.15, 0.2) is 0 Å². The average Bonchev–Trinajstić information content (AvgIpc) is 2.69. The number of carbonyl (C=O) groups is 2. The topological polar surface area (TPSA) is 72.8 Å². The molecule has 0 unspecified atom stereocenters. The van der Waals surface area contributed by atoms with Crippen molar-refractivity contribution in [3.05, 3.63) is 0 Å². The maximum absolute atomic E-state index is 12.3. The van der Waals surface area contributed by atoms with Gasteiger partial charge in [-0.3, -0.25) is 9.59 Å². The van der Waals surface area contributed by atoms with Gasteiger partial charge in [-0.25, -0.2) is 0 Å². The number of hydrogen-bond acceptors (Lipinski definition) is 5. The quantitative estimate of drug-likeness (QED) is 0.674. The molecule has 1 N–H and O–H groups in total. The van der Waals surface area contributed by atoms with Crippen molar-refractivity contribution in [1.82, 2.24) is 0 Å². The van der Waals surface area contributed by atoms with Crippen LogP contribution in [-0.4, -0.2) is 36.9 Å². The van der Waals surface area contributed by atoms with Gasteiger partial charge in [0, 0.05) is 0 Å². The van der Waals surface area contributed by atoms with Crippen LogP contribution in [-0.2, 0) is 19.1 Å². The van der Waals surface area contributed by atoms with E-state index >= 15 is 0 Å². The highest BCUT2D eigenvalue weighted by molar-refractivity contribution is 5.73. The Labute approximate surface area is 151 Å². The molecule has 0 saturated heterocycles. The van der Waals surface area contributed by atoms with Gasteiger partial charge in [0.15, 0.2) is 0 Å². The predicted molar refractivity (Wildman–Crippen MR) is 94.9 cm³/mol. The predicted octanol–water partition coefficient (Wildman–Crippen LogP) is 3.62. The molecular formula is C20H34O5. The molecule has 0 radical (unpaired) electrons. The Hall–Kier alpha value is -1.10. The van der Waals surface area contributed by atoms with Gasteiger partial charge in [-0.2, -0.15) is 0 Å². The largest absolute Gasteiger partial charge is 0.465 e. The zero-order valence-electron chi connectivity index (χ0n) is 15.6. The summed E-state index contributed by atoms with van der Waals surface area (Å²) >= 11 is 0. The Kier molecular flexibility index (Phi) is 8.20. The average molecular weight is 354 g/mol. The Morgan fingerprint density at radius 2 is 1.24 bits per heavy atom. The molecule has 2 aliphatic rings. The Bertz CT molecular complexity index is 382. The van der Waals surface area contributed by atoms with E-state index in [0.29, 0.717) is 6.42 Å². The van der Waals surface area contributed by atoms with Gasteiger partial charge in [0.25, 0.3) is 0 Å². The molecule has 0 aromatic carbocycles. The second-order valence-electron chi connectivity index (χ2n) is 7.90. The summed E-state index contributed by atoms with van der Waals surface area (Å²) < 4.78 is 11.0. The minimum absolute atomic E-state index is 0.00760. The van der Waals surface area contributed by atoms with Gasteiger partial charge in [-0.1, -0.05) is 45.4 Å². The van der Waals surface area contributed by atoms with Crippen LogP contribution >= 0.6 is 0 Å². The van der Waals surface area contributed by atoms with Crippen LogP contribution < -0.4 is 0 Å². The first-order valence-electron chi connectivity index (χ1n) is 10.0. The molecule has 2 saturated carbocycles. The Morgan fingerprint density at radius 1 is 0.840 bits per heavy atom. The van der Waals surface area contributed by atoms with Gasteiger partial charge in [0.05, 0.1) is 23.9 Å². The van der Waals surface area contributed by atoms with Crippen molar-refractivity contribution in [1.29, 1.82) is 0 Å². The van der Waals surface area contributed by atoms with Crippen LogP contribution in [0.1, 0.15) is 77.6 Å². The number of aliphatic hydroxyl groups excluding tert-OH is 1. The highest BCUT2D eigenvalue weighted by Gasteiger charge is 2.34. The van der Waals surface area contributed by atoms with Crippen molar-refractivity contribution in [2.75, 3.05) is 19.8 Å². The summed E-state index contributed by atoms with van der Waals surface area (Å²) in [4.78, 5) is 24.5. The van der Waals surface area contributed by atoms with E-state index < -0.39 is 5.41 Å². The van der Waals surface area contributed by atoms with Crippen molar-refractivity contribution in [3.8, 4) is 0 Å². The molecule has 5 nitrogen and oxygen atoms in total. The number of hydrogen-bond donors (Lipinski definition) is 1. The third kappa shape index (κ3) is 5.98. The molecule has 0 spiro atoms. The number of rotatable bonds is 8. The number of aliphatic hydroxyl groups is 1. The van der Waals surface area contributed by atoms with Crippen molar-refractivity contribution in [2.45, 2.75) is 77.6 Å². The minimum Gasteiger partial charge on any atom is -0.465 e. The molecule has 0 heterocycles. The molecule has 2 rings (SSSR count). The molecule has 2 fully saturated rings. The van der Waals surface area contributed by atoms with Gasteiger partial charge >= 0.3 is 11.9 Å². The summed E-state index contributed by atoms with van der Waals surface area (Å²) in [6.45, 7) is 2.01. The van der Waals surface area contributed by atoms with E-state index in [1.165, 1.54) is 12.8 Å². The zero-order valence-corrected chi connectivity index (χ0v) is 15.6. The number of esters is 2. The molecule has 25 heavy (non-hydrogen) atoms. The second-order valence-corrected chi connectivity index (χ2v) is 7.90. The molecule has 0 bridgehead atoms. The van der Waals surface area contributed by atoms with E-state index in [1.54, 1.807) is 0 Å². The lowest BCUT2D eigenvalue weighted by Crippen LogP contribution is -2.39. The lowest BCUT2D eigenvalue weighted by atomic mass is 9.86. The zero-order chi connectivity index (χ0) is 18.1. The Balaban J connectivity index is 1.81. The molecule has 5 heteroatoms. The smallest absolute Gasteiger partial charge is 0.308 e. The van der Waals surface area contributed by atoms with Crippen molar-refractivity contribution in [3.63, 3.8) is 0 Å². The molecule has 0 aromatic heterocycles. The van der Waals surface area contributed by atoms with E-state index in [0.717, 1.165) is 51.4 Å². The molecule has 0 aliphatic heterocycles. The van der Waals surface area contributed by atoms with Gasteiger partial charge in [-0.05, 0) is 32.1 Å². The highest BCUT2D eigenvalue weighted by Crippen LogP contribution is 2.29. The van der Waals surface area contributed by atoms with Crippen LogP contribution in [0.25, 0.3) is 0 Å². The van der Waals surface area contributed by atoms with Crippen LogP contribution in [0, 0.1) is 17.3 Å². The van der Waals surface area contributed by atoms with Crippen molar-refractivity contribution < 1.29 is 24.2 Å². The van der Waals surface area contributed by atoms with Crippen molar-refractivity contribution in [2.24, 2.45) is 17.3 Å². The SMILES string of the molecule is CCC(CO)(COC(=O)C1CCCCC1)COC(=O)C1CCCCC1. The number of carbonyl (C=O) groups excluding carboxylic acids is 2. The van der Waals surface area contributed by atoms with E-state index in [-0.39, 0.29) is 43.6 Å². The summed E-state index contributed by atoms with van der Waals surface area (Å²) in [6, 6.07) is 0. The third-order valence-electron chi connectivity index (χ3n) is 6.00. The monoisotopic (exact) mass is 354 g/mol. The molecular weight excluding hydrogens is 320 g/mol. The summed E-state index contributed by atoms with van der Waals surface area (Å²) in [5.41, 5.74) is -0.686. The normalized spacial score (nSPS) is 20.2. The third-order valence-corrected chi connectivity index (χ3v) is 6.00. The summed E-state index contributed by atoms with van der Waals surface area (Å²) in [5.74, 6) is -0.340. The van der Waals surface area contributed by atoms with Crippen LogP contribution in [0.4, 0.5) is 0 Å². The highest BCUT2D eigenvalue weighted by atomic mass is 16.5. The first-order valence-corrected chi connectivity index (χ1v) is 10.0. The summed E-state index contributed by atoms with van der Waals surface area (Å²) in [6.07, 6.45) is 10.9. The van der Waals surface area contributed by atoms with Gasteiger partial charge < -0.3 is 14.6 Å².